The van der Waals surface area contributed by atoms with Crippen molar-refractivity contribution in [1.82, 2.24) is 4.90 Å². The van der Waals surface area contributed by atoms with Gasteiger partial charge in [0.1, 0.15) is 12.4 Å². The van der Waals surface area contributed by atoms with Gasteiger partial charge in [-0.05, 0) is 59.8 Å². The highest BCUT2D eigenvalue weighted by atomic mass is 35.5. The number of halogens is 4. The number of benzene rings is 3. The largest absolute Gasteiger partial charge is 0.489 e. The number of hydrogen-bond acceptors (Lipinski definition) is 4. The lowest BCUT2D eigenvalue weighted by Gasteiger charge is -2.14. The van der Waals surface area contributed by atoms with Crippen molar-refractivity contribution in [3.63, 3.8) is 0 Å². The zero-order chi connectivity index (χ0) is 23.5. The Morgan fingerprint density at radius 3 is 2.24 bits per heavy atom. The van der Waals surface area contributed by atoms with Gasteiger partial charge >= 0.3 is 0 Å². The maximum Gasteiger partial charge on any atom is 0.293 e. The fourth-order valence-corrected chi connectivity index (χ4v) is 4.91. The maximum atomic E-state index is 12.8. The molecule has 0 radical (unpaired) electrons. The molecule has 1 aliphatic rings. The SMILES string of the molecule is O=C1S/C(=C/c2ccc(OCc3ccc(Cl)cc3Cl)cc2)C(=O)N1Cc1c(Cl)cccc1Cl. The molecule has 0 atom stereocenters. The van der Waals surface area contributed by atoms with Gasteiger partial charge in [0.15, 0.2) is 0 Å². The Kier molecular flexibility index (Phi) is 7.57. The summed E-state index contributed by atoms with van der Waals surface area (Å²) in [5.74, 6) is 0.248. The number of amides is 2. The van der Waals surface area contributed by atoms with Crippen LogP contribution in [0.15, 0.2) is 65.6 Å². The van der Waals surface area contributed by atoms with Gasteiger partial charge in [-0.15, -0.1) is 0 Å². The van der Waals surface area contributed by atoms with E-state index in [4.69, 9.17) is 51.1 Å². The molecule has 0 spiro atoms. The molecule has 1 heterocycles. The molecule has 1 saturated heterocycles. The predicted molar refractivity (Wildman–Crippen MR) is 135 cm³/mol. The third-order valence-corrected chi connectivity index (χ3v) is 7.04. The molecule has 0 aliphatic carbocycles. The molecule has 4 rings (SSSR count). The van der Waals surface area contributed by atoms with Crippen LogP contribution < -0.4 is 4.74 Å². The molecule has 1 aliphatic heterocycles. The topological polar surface area (TPSA) is 46.6 Å². The van der Waals surface area contributed by atoms with Gasteiger partial charge in [0.05, 0.1) is 11.4 Å². The van der Waals surface area contributed by atoms with Crippen LogP contribution in [0.5, 0.6) is 5.75 Å². The molecular formula is C24H15Cl4NO3S. The average molecular weight is 539 g/mol. The summed E-state index contributed by atoms with van der Waals surface area (Å²) in [6.07, 6.45) is 1.67. The minimum atomic E-state index is -0.390. The van der Waals surface area contributed by atoms with Crippen LogP contribution in [0.1, 0.15) is 16.7 Å². The van der Waals surface area contributed by atoms with Gasteiger partial charge in [0, 0.05) is 31.2 Å². The average Bonchev–Trinajstić information content (AvgIpc) is 3.04. The summed E-state index contributed by atoms with van der Waals surface area (Å²) in [4.78, 5) is 26.7. The van der Waals surface area contributed by atoms with E-state index in [0.29, 0.717) is 42.9 Å². The third kappa shape index (κ3) is 5.68. The maximum absolute atomic E-state index is 12.8. The number of carbonyl (C=O) groups is 2. The second-order valence-electron chi connectivity index (χ2n) is 7.06. The number of imide groups is 1. The quantitative estimate of drug-likeness (QED) is 0.297. The van der Waals surface area contributed by atoms with E-state index in [1.54, 1.807) is 60.7 Å². The van der Waals surface area contributed by atoms with Gasteiger partial charge in [-0.3, -0.25) is 14.5 Å². The lowest BCUT2D eigenvalue weighted by molar-refractivity contribution is -0.123. The Hall–Kier alpha value is -2.15. The lowest BCUT2D eigenvalue weighted by atomic mass is 10.2. The molecular weight excluding hydrogens is 524 g/mol. The molecule has 3 aromatic rings. The number of carbonyl (C=O) groups excluding carboxylic acids is 2. The smallest absolute Gasteiger partial charge is 0.293 e. The first-order valence-electron chi connectivity index (χ1n) is 9.67. The molecule has 0 bridgehead atoms. The second-order valence-corrected chi connectivity index (χ2v) is 9.71. The van der Waals surface area contributed by atoms with Crippen molar-refractivity contribution in [1.29, 1.82) is 0 Å². The highest BCUT2D eigenvalue weighted by Crippen LogP contribution is 2.35. The molecule has 1 fully saturated rings. The normalized spacial score (nSPS) is 14.9. The van der Waals surface area contributed by atoms with E-state index in [1.165, 1.54) is 0 Å². The van der Waals surface area contributed by atoms with Crippen LogP contribution in [-0.2, 0) is 17.9 Å². The molecule has 33 heavy (non-hydrogen) atoms. The Morgan fingerprint density at radius 2 is 1.58 bits per heavy atom. The van der Waals surface area contributed by atoms with Crippen molar-refractivity contribution in [2.24, 2.45) is 0 Å². The van der Waals surface area contributed by atoms with Crippen LogP contribution in [0.4, 0.5) is 4.79 Å². The first-order valence-corrected chi connectivity index (χ1v) is 12.0. The number of thioether (sulfide) groups is 1. The summed E-state index contributed by atoms with van der Waals surface area (Å²) in [6.45, 7) is 0.305. The number of nitrogens with zero attached hydrogens (tertiary/aromatic N) is 1. The van der Waals surface area contributed by atoms with Crippen LogP contribution in [0, 0.1) is 0 Å². The Balaban J connectivity index is 1.43. The number of hydrogen-bond donors (Lipinski definition) is 0. The molecule has 168 valence electrons. The fourth-order valence-electron chi connectivity index (χ4n) is 3.09. The van der Waals surface area contributed by atoms with Crippen molar-refractivity contribution >= 4 is 75.4 Å². The molecule has 0 aromatic heterocycles. The molecule has 0 unspecified atom stereocenters. The van der Waals surface area contributed by atoms with Crippen molar-refractivity contribution in [3.05, 3.63) is 102 Å². The zero-order valence-corrected chi connectivity index (χ0v) is 20.7. The molecule has 2 amide bonds. The molecule has 4 nitrogen and oxygen atoms in total. The molecule has 0 saturated carbocycles. The highest BCUT2D eigenvalue weighted by Gasteiger charge is 2.35. The Morgan fingerprint density at radius 1 is 0.879 bits per heavy atom. The van der Waals surface area contributed by atoms with Gasteiger partial charge < -0.3 is 4.74 Å². The van der Waals surface area contributed by atoms with E-state index in [9.17, 15) is 9.59 Å². The highest BCUT2D eigenvalue weighted by molar-refractivity contribution is 8.18. The van der Waals surface area contributed by atoms with Crippen LogP contribution in [-0.4, -0.2) is 16.0 Å². The monoisotopic (exact) mass is 537 g/mol. The number of ether oxygens (including phenoxy) is 1. The minimum Gasteiger partial charge on any atom is -0.489 e. The van der Waals surface area contributed by atoms with Crippen molar-refractivity contribution < 1.29 is 14.3 Å². The Bertz CT molecular complexity index is 1240. The second kappa shape index (κ2) is 10.4. The van der Waals surface area contributed by atoms with Gasteiger partial charge in [0.25, 0.3) is 11.1 Å². The van der Waals surface area contributed by atoms with Gasteiger partial charge in [-0.1, -0.05) is 70.7 Å². The minimum absolute atomic E-state index is 0.0144. The lowest BCUT2D eigenvalue weighted by Crippen LogP contribution is -2.27. The summed E-state index contributed by atoms with van der Waals surface area (Å²) >= 11 is 25.3. The van der Waals surface area contributed by atoms with Gasteiger partial charge in [-0.2, -0.15) is 0 Å². The zero-order valence-electron chi connectivity index (χ0n) is 16.9. The molecule has 3 aromatic carbocycles. The Labute approximate surface area is 215 Å². The van der Waals surface area contributed by atoms with Gasteiger partial charge in [0.2, 0.25) is 0 Å². The summed E-state index contributed by atoms with van der Waals surface area (Å²) in [7, 11) is 0. The van der Waals surface area contributed by atoms with Crippen LogP contribution in [0.3, 0.4) is 0 Å². The fraction of sp³-hybridized carbons (Fsp3) is 0.0833. The van der Waals surface area contributed by atoms with E-state index >= 15 is 0 Å². The molecule has 9 heteroatoms. The van der Waals surface area contributed by atoms with E-state index in [2.05, 4.69) is 0 Å². The first-order chi connectivity index (χ1) is 15.8. The van der Waals surface area contributed by atoms with E-state index in [1.807, 2.05) is 6.07 Å². The van der Waals surface area contributed by atoms with Gasteiger partial charge in [-0.25, -0.2) is 0 Å². The van der Waals surface area contributed by atoms with Crippen LogP contribution in [0.25, 0.3) is 6.08 Å². The van der Waals surface area contributed by atoms with Crippen molar-refractivity contribution in [3.8, 4) is 5.75 Å². The standard InChI is InChI=1S/C24H15Cl4NO3S/c25-16-7-6-15(21(28)11-16)13-32-17-8-4-14(5-9-17)10-22-23(30)29(24(31)33-22)12-18-19(26)2-1-3-20(18)27/h1-11H,12-13H2/b22-10+. The van der Waals surface area contributed by atoms with Crippen molar-refractivity contribution in [2.45, 2.75) is 13.2 Å². The first kappa shape index (κ1) is 24.0. The third-order valence-electron chi connectivity index (χ3n) is 4.84. The van der Waals surface area contributed by atoms with Crippen LogP contribution in [0.2, 0.25) is 20.1 Å². The number of rotatable bonds is 6. The molecule has 0 N–H and O–H groups in total. The van der Waals surface area contributed by atoms with Crippen molar-refractivity contribution in [2.75, 3.05) is 0 Å². The summed E-state index contributed by atoms with van der Waals surface area (Å²) in [5, 5.41) is 1.53. The summed E-state index contributed by atoms with van der Waals surface area (Å²) in [6, 6.07) is 17.4. The summed E-state index contributed by atoms with van der Waals surface area (Å²) in [5.41, 5.74) is 2.11. The van der Waals surface area contributed by atoms with E-state index in [-0.39, 0.29) is 11.8 Å². The van der Waals surface area contributed by atoms with Crippen LogP contribution >= 0.6 is 58.2 Å². The van der Waals surface area contributed by atoms with E-state index in [0.717, 1.165) is 27.8 Å². The summed E-state index contributed by atoms with van der Waals surface area (Å²) < 4.78 is 5.77. The predicted octanol–water partition coefficient (Wildman–Crippen LogP) is 8.12. The van der Waals surface area contributed by atoms with E-state index < -0.39 is 5.91 Å².